The topological polar surface area (TPSA) is 66.4 Å². The van der Waals surface area contributed by atoms with Crippen molar-refractivity contribution in [2.45, 2.75) is 12.8 Å². The quantitative estimate of drug-likeness (QED) is 0.773. The summed E-state index contributed by atoms with van der Waals surface area (Å²) in [6, 6.07) is 18.9. The van der Waals surface area contributed by atoms with Gasteiger partial charge in [-0.1, -0.05) is 60.7 Å². The van der Waals surface area contributed by atoms with E-state index in [1.54, 1.807) is 12.1 Å². The molecule has 0 saturated heterocycles. The summed E-state index contributed by atoms with van der Waals surface area (Å²) in [6.07, 6.45) is 2.11. The first-order chi connectivity index (χ1) is 11.1. The molecule has 0 atom stereocenters. The zero-order chi connectivity index (χ0) is 16.5. The smallest absolute Gasteiger partial charge is 0.332 e. The summed E-state index contributed by atoms with van der Waals surface area (Å²) < 4.78 is 0. The number of benzene rings is 2. The van der Waals surface area contributed by atoms with Crippen LogP contribution in [0.3, 0.4) is 0 Å². The van der Waals surface area contributed by atoms with E-state index in [0.717, 1.165) is 17.5 Å². The lowest BCUT2D eigenvalue weighted by Gasteiger charge is -2.06. The number of hydrogen-bond donors (Lipinski definition) is 2. The summed E-state index contributed by atoms with van der Waals surface area (Å²) in [5.74, 6) is -1.36. The van der Waals surface area contributed by atoms with Crippen molar-refractivity contribution in [1.82, 2.24) is 5.32 Å². The first kappa shape index (κ1) is 16.5. The second-order valence-corrected chi connectivity index (χ2v) is 5.15. The largest absolute Gasteiger partial charge is 0.478 e. The Morgan fingerprint density at radius 2 is 1.57 bits per heavy atom. The number of rotatable bonds is 7. The van der Waals surface area contributed by atoms with Crippen molar-refractivity contribution in [3.63, 3.8) is 0 Å². The molecular formula is C19H19NO3. The first-order valence-corrected chi connectivity index (χ1v) is 7.44. The Kier molecular flexibility index (Phi) is 6.12. The Bertz CT molecular complexity index is 678. The molecule has 0 bridgehead atoms. The molecule has 1 amide bonds. The molecule has 0 radical (unpaired) electrons. The normalized spacial score (nSPS) is 11.0. The summed E-state index contributed by atoms with van der Waals surface area (Å²) in [4.78, 5) is 23.2. The predicted octanol–water partition coefficient (Wildman–Crippen LogP) is 2.90. The fraction of sp³-hybridized carbons (Fsp3) is 0.158. The third kappa shape index (κ3) is 5.79. The van der Waals surface area contributed by atoms with Crippen molar-refractivity contribution >= 4 is 18.0 Å². The van der Waals surface area contributed by atoms with Gasteiger partial charge in [0.05, 0.1) is 6.42 Å². The van der Waals surface area contributed by atoms with E-state index in [-0.39, 0.29) is 17.9 Å². The highest BCUT2D eigenvalue weighted by Gasteiger charge is 2.12. The van der Waals surface area contributed by atoms with Gasteiger partial charge < -0.3 is 10.4 Å². The third-order valence-corrected chi connectivity index (χ3v) is 3.34. The first-order valence-electron chi connectivity index (χ1n) is 7.44. The Morgan fingerprint density at radius 1 is 0.957 bits per heavy atom. The highest BCUT2D eigenvalue weighted by atomic mass is 16.4. The molecule has 0 aliphatic rings. The van der Waals surface area contributed by atoms with Crippen LogP contribution in [-0.2, 0) is 16.0 Å². The van der Waals surface area contributed by atoms with Crippen molar-refractivity contribution < 1.29 is 14.7 Å². The van der Waals surface area contributed by atoms with Crippen LogP contribution in [0.4, 0.5) is 0 Å². The van der Waals surface area contributed by atoms with E-state index in [1.165, 1.54) is 6.08 Å². The van der Waals surface area contributed by atoms with Gasteiger partial charge in [0.1, 0.15) is 0 Å². The lowest BCUT2D eigenvalue weighted by molar-refractivity contribution is -0.134. The number of carboxylic acids is 1. The third-order valence-electron chi connectivity index (χ3n) is 3.34. The van der Waals surface area contributed by atoms with Crippen LogP contribution in [0, 0.1) is 0 Å². The number of carboxylic acid groups (broad SMARTS) is 1. The van der Waals surface area contributed by atoms with Gasteiger partial charge in [-0.05, 0) is 23.6 Å². The average Bonchev–Trinajstić information content (AvgIpc) is 2.56. The standard InChI is InChI=1S/C19H19NO3/c21-18(20-12-11-15-7-3-1-4-8-15)14-17(19(22)23)13-16-9-5-2-6-10-16/h1-10,13H,11-12,14H2,(H,20,21)(H,22,23). The molecule has 118 valence electrons. The summed E-state index contributed by atoms with van der Waals surface area (Å²) in [5, 5.41) is 12.0. The molecule has 2 N–H and O–H groups in total. The molecule has 0 unspecified atom stereocenters. The Morgan fingerprint density at radius 3 is 2.17 bits per heavy atom. The summed E-state index contributed by atoms with van der Waals surface area (Å²) in [5.41, 5.74) is 1.97. The van der Waals surface area contributed by atoms with Gasteiger partial charge >= 0.3 is 5.97 Å². The zero-order valence-corrected chi connectivity index (χ0v) is 12.7. The molecule has 0 aliphatic carbocycles. The predicted molar refractivity (Wildman–Crippen MR) is 89.8 cm³/mol. The maximum atomic E-state index is 11.9. The van der Waals surface area contributed by atoms with Crippen LogP contribution >= 0.6 is 0 Å². The fourth-order valence-electron chi connectivity index (χ4n) is 2.17. The lowest BCUT2D eigenvalue weighted by Crippen LogP contribution is -2.26. The molecule has 23 heavy (non-hydrogen) atoms. The molecule has 2 aromatic carbocycles. The number of nitrogens with one attached hydrogen (secondary N) is 1. The highest BCUT2D eigenvalue weighted by Crippen LogP contribution is 2.10. The van der Waals surface area contributed by atoms with E-state index in [0.29, 0.717) is 6.54 Å². The summed E-state index contributed by atoms with van der Waals surface area (Å²) in [7, 11) is 0. The molecule has 2 rings (SSSR count). The molecule has 0 spiro atoms. The molecule has 0 aromatic heterocycles. The van der Waals surface area contributed by atoms with Crippen molar-refractivity contribution in [1.29, 1.82) is 0 Å². The van der Waals surface area contributed by atoms with E-state index in [9.17, 15) is 14.7 Å². The van der Waals surface area contributed by atoms with Gasteiger partial charge in [0, 0.05) is 12.1 Å². The minimum atomic E-state index is -1.08. The Labute approximate surface area is 135 Å². The van der Waals surface area contributed by atoms with Crippen molar-refractivity contribution in [3.8, 4) is 0 Å². The monoisotopic (exact) mass is 309 g/mol. The van der Waals surface area contributed by atoms with Crippen molar-refractivity contribution in [2.24, 2.45) is 0 Å². The molecular weight excluding hydrogens is 290 g/mol. The van der Waals surface area contributed by atoms with E-state index in [1.807, 2.05) is 48.5 Å². The fourth-order valence-corrected chi connectivity index (χ4v) is 2.17. The minimum absolute atomic E-state index is 0.0772. The number of aliphatic carboxylic acids is 1. The van der Waals surface area contributed by atoms with Gasteiger partial charge in [-0.15, -0.1) is 0 Å². The van der Waals surface area contributed by atoms with E-state index >= 15 is 0 Å². The number of amides is 1. The summed E-state index contributed by atoms with van der Waals surface area (Å²) in [6.45, 7) is 0.487. The zero-order valence-electron chi connectivity index (χ0n) is 12.7. The van der Waals surface area contributed by atoms with Crippen LogP contribution < -0.4 is 5.32 Å². The molecule has 0 saturated carbocycles. The second-order valence-electron chi connectivity index (χ2n) is 5.15. The SMILES string of the molecule is O=C(CC(=Cc1ccccc1)C(=O)O)NCCc1ccccc1. The van der Waals surface area contributed by atoms with Crippen LogP contribution in [-0.4, -0.2) is 23.5 Å². The van der Waals surface area contributed by atoms with Gasteiger partial charge in [-0.25, -0.2) is 4.79 Å². The van der Waals surface area contributed by atoms with Gasteiger partial charge in [-0.2, -0.15) is 0 Å². The average molecular weight is 309 g/mol. The van der Waals surface area contributed by atoms with Crippen LogP contribution in [0.5, 0.6) is 0 Å². The minimum Gasteiger partial charge on any atom is -0.478 e. The van der Waals surface area contributed by atoms with Gasteiger partial charge in [0.15, 0.2) is 0 Å². The van der Waals surface area contributed by atoms with E-state index < -0.39 is 5.97 Å². The molecule has 0 fully saturated rings. The molecule has 2 aromatic rings. The van der Waals surface area contributed by atoms with Crippen LogP contribution in [0.15, 0.2) is 66.2 Å². The van der Waals surface area contributed by atoms with E-state index in [4.69, 9.17) is 0 Å². The molecule has 0 aliphatic heterocycles. The second kappa shape index (κ2) is 8.54. The maximum Gasteiger partial charge on any atom is 0.332 e. The molecule has 4 nitrogen and oxygen atoms in total. The summed E-state index contributed by atoms with van der Waals surface area (Å²) >= 11 is 0. The van der Waals surface area contributed by atoms with Crippen LogP contribution in [0.1, 0.15) is 17.5 Å². The number of carbonyl (C=O) groups excluding carboxylic acids is 1. The molecule has 4 heteroatoms. The highest BCUT2D eigenvalue weighted by molar-refractivity contribution is 5.98. The van der Waals surface area contributed by atoms with Crippen molar-refractivity contribution in [2.75, 3.05) is 6.54 Å². The maximum absolute atomic E-state index is 11.9. The van der Waals surface area contributed by atoms with Gasteiger partial charge in [-0.3, -0.25) is 4.79 Å². The van der Waals surface area contributed by atoms with Gasteiger partial charge in [0.25, 0.3) is 0 Å². The van der Waals surface area contributed by atoms with Crippen LogP contribution in [0.25, 0.3) is 6.08 Å². The van der Waals surface area contributed by atoms with Crippen molar-refractivity contribution in [3.05, 3.63) is 77.4 Å². The lowest BCUT2D eigenvalue weighted by atomic mass is 10.1. The molecule has 0 heterocycles. The number of carbonyl (C=O) groups is 2. The van der Waals surface area contributed by atoms with Gasteiger partial charge in [0.2, 0.25) is 5.91 Å². The number of hydrogen-bond acceptors (Lipinski definition) is 2. The van der Waals surface area contributed by atoms with Crippen LogP contribution in [0.2, 0.25) is 0 Å². The van der Waals surface area contributed by atoms with E-state index in [2.05, 4.69) is 5.32 Å². The Hall–Kier alpha value is -2.88. The Balaban J connectivity index is 1.89.